The van der Waals surface area contributed by atoms with E-state index in [9.17, 15) is 9.59 Å². The van der Waals surface area contributed by atoms with Gasteiger partial charge in [0.15, 0.2) is 0 Å². The van der Waals surface area contributed by atoms with Gasteiger partial charge in [-0.3, -0.25) is 14.3 Å². The van der Waals surface area contributed by atoms with Gasteiger partial charge in [0.2, 0.25) is 0 Å². The van der Waals surface area contributed by atoms with Crippen LogP contribution in [0.15, 0.2) is 36.7 Å². The molecule has 0 fully saturated rings. The molecule has 0 aliphatic heterocycles. The highest BCUT2D eigenvalue weighted by Gasteiger charge is 2.20. The van der Waals surface area contributed by atoms with Crippen LogP contribution in [0.2, 0.25) is 0 Å². The maximum atomic E-state index is 12.1. The van der Waals surface area contributed by atoms with Crippen LogP contribution in [-0.4, -0.2) is 27.5 Å². The fourth-order valence-corrected chi connectivity index (χ4v) is 1.72. The van der Waals surface area contributed by atoms with E-state index in [-0.39, 0.29) is 0 Å². The predicted molar refractivity (Wildman–Crippen MR) is 74.7 cm³/mol. The molecule has 0 atom stereocenters. The van der Waals surface area contributed by atoms with Gasteiger partial charge in [0.05, 0.1) is 11.4 Å². The molecule has 0 aromatic carbocycles. The first-order valence-electron chi connectivity index (χ1n) is 6.23. The molecule has 2 rings (SSSR count). The average molecular weight is 272 g/mol. The standard InChI is InChI=1S/C15H16N2O3/c1-15(2,3)20-14(19)17-8-4-5-13(17)12-9-11(10-18)6-7-16-12/h4-10H,1-3H3. The SMILES string of the molecule is CC(C)(C)OC(=O)n1cccc1-c1cc(C=O)ccn1. The minimum Gasteiger partial charge on any atom is -0.443 e. The molecule has 0 saturated heterocycles. The molecule has 0 radical (unpaired) electrons. The number of pyridine rings is 1. The van der Waals surface area contributed by atoms with Crippen molar-refractivity contribution in [1.29, 1.82) is 0 Å². The number of hydrogen-bond donors (Lipinski definition) is 0. The summed E-state index contributed by atoms with van der Waals surface area (Å²) in [5.41, 5.74) is 1.07. The van der Waals surface area contributed by atoms with E-state index in [1.54, 1.807) is 51.2 Å². The lowest BCUT2D eigenvalue weighted by Crippen LogP contribution is -2.27. The smallest absolute Gasteiger partial charge is 0.419 e. The first-order chi connectivity index (χ1) is 9.40. The number of aldehydes is 1. The van der Waals surface area contributed by atoms with E-state index in [0.717, 1.165) is 6.29 Å². The summed E-state index contributed by atoms with van der Waals surface area (Å²) in [6, 6.07) is 6.72. The maximum absolute atomic E-state index is 12.1. The normalized spacial score (nSPS) is 11.2. The van der Waals surface area contributed by atoms with Gasteiger partial charge in [-0.2, -0.15) is 0 Å². The second-order valence-electron chi connectivity index (χ2n) is 5.34. The van der Waals surface area contributed by atoms with E-state index >= 15 is 0 Å². The molecule has 0 saturated carbocycles. The summed E-state index contributed by atoms with van der Waals surface area (Å²) in [6.45, 7) is 5.41. The molecular formula is C15H16N2O3. The van der Waals surface area contributed by atoms with E-state index in [0.29, 0.717) is 17.0 Å². The second kappa shape index (κ2) is 5.28. The molecule has 0 aliphatic carbocycles. The van der Waals surface area contributed by atoms with Gasteiger partial charge in [0, 0.05) is 18.0 Å². The number of carbonyl (C=O) groups is 2. The highest BCUT2D eigenvalue weighted by molar-refractivity contribution is 5.80. The molecule has 2 aromatic heterocycles. The van der Waals surface area contributed by atoms with Gasteiger partial charge < -0.3 is 4.74 Å². The van der Waals surface area contributed by atoms with Crippen LogP contribution in [-0.2, 0) is 4.74 Å². The zero-order valence-corrected chi connectivity index (χ0v) is 11.7. The van der Waals surface area contributed by atoms with Crippen LogP contribution in [0.1, 0.15) is 31.1 Å². The van der Waals surface area contributed by atoms with Crippen molar-refractivity contribution < 1.29 is 14.3 Å². The average Bonchev–Trinajstić information content (AvgIpc) is 2.86. The Bertz CT molecular complexity index is 639. The minimum absolute atomic E-state index is 0.476. The lowest BCUT2D eigenvalue weighted by Gasteiger charge is -2.20. The van der Waals surface area contributed by atoms with Crippen molar-refractivity contribution in [2.75, 3.05) is 0 Å². The number of hydrogen-bond acceptors (Lipinski definition) is 4. The van der Waals surface area contributed by atoms with Gasteiger partial charge in [-0.15, -0.1) is 0 Å². The summed E-state index contributed by atoms with van der Waals surface area (Å²) >= 11 is 0. The largest absolute Gasteiger partial charge is 0.443 e. The molecule has 0 N–H and O–H groups in total. The fourth-order valence-electron chi connectivity index (χ4n) is 1.72. The van der Waals surface area contributed by atoms with Crippen molar-refractivity contribution in [2.24, 2.45) is 0 Å². The molecule has 2 heterocycles. The first kappa shape index (κ1) is 14.0. The van der Waals surface area contributed by atoms with Crippen molar-refractivity contribution >= 4 is 12.4 Å². The quantitative estimate of drug-likeness (QED) is 0.788. The molecule has 20 heavy (non-hydrogen) atoms. The first-order valence-corrected chi connectivity index (χ1v) is 6.23. The summed E-state index contributed by atoms with van der Waals surface area (Å²) in [4.78, 5) is 27.1. The molecule has 2 aromatic rings. The number of nitrogens with zero attached hydrogens (tertiary/aromatic N) is 2. The molecular weight excluding hydrogens is 256 g/mol. The Kier molecular flexibility index (Phi) is 3.70. The third-order valence-electron chi connectivity index (χ3n) is 2.52. The number of aromatic nitrogens is 2. The molecule has 5 nitrogen and oxygen atoms in total. The summed E-state index contributed by atoms with van der Waals surface area (Å²) in [7, 11) is 0. The zero-order chi connectivity index (χ0) is 14.8. The third kappa shape index (κ3) is 3.12. The molecule has 104 valence electrons. The Morgan fingerprint density at radius 3 is 2.75 bits per heavy atom. The van der Waals surface area contributed by atoms with E-state index in [1.165, 1.54) is 10.8 Å². The third-order valence-corrected chi connectivity index (χ3v) is 2.52. The fraction of sp³-hybridized carbons (Fsp3) is 0.267. The van der Waals surface area contributed by atoms with Crippen LogP contribution in [0.3, 0.4) is 0 Å². The van der Waals surface area contributed by atoms with Crippen molar-refractivity contribution in [3.05, 3.63) is 42.2 Å². The molecule has 0 aliphatic rings. The Morgan fingerprint density at radius 1 is 1.35 bits per heavy atom. The molecule has 0 spiro atoms. The lowest BCUT2D eigenvalue weighted by atomic mass is 10.2. The molecule has 0 bridgehead atoms. The minimum atomic E-state index is -0.573. The topological polar surface area (TPSA) is 61.2 Å². The highest BCUT2D eigenvalue weighted by Crippen LogP contribution is 2.20. The number of rotatable bonds is 2. The predicted octanol–water partition coefficient (Wildman–Crippen LogP) is 3.15. The summed E-state index contributed by atoms with van der Waals surface area (Å²) in [5, 5.41) is 0. The van der Waals surface area contributed by atoms with Gasteiger partial charge in [0.1, 0.15) is 11.9 Å². The van der Waals surface area contributed by atoms with Gasteiger partial charge >= 0.3 is 6.09 Å². The number of ether oxygens (including phenoxy) is 1. The summed E-state index contributed by atoms with van der Waals surface area (Å²) < 4.78 is 6.70. The molecule has 5 heteroatoms. The van der Waals surface area contributed by atoms with Crippen LogP contribution >= 0.6 is 0 Å². The van der Waals surface area contributed by atoms with E-state index in [1.807, 2.05) is 0 Å². The van der Waals surface area contributed by atoms with Crippen molar-refractivity contribution in [3.63, 3.8) is 0 Å². The molecule has 0 amide bonds. The Morgan fingerprint density at radius 2 is 2.10 bits per heavy atom. The van der Waals surface area contributed by atoms with E-state index in [2.05, 4.69) is 4.98 Å². The van der Waals surface area contributed by atoms with Crippen molar-refractivity contribution in [3.8, 4) is 11.4 Å². The van der Waals surface area contributed by atoms with Crippen LogP contribution in [0.4, 0.5) is 4.79 Å². The van der Waals surface area contributed by atoms with Gasteiger partial charge in [-0.1, -0.05) is 0 Å². The molecule has 0 unspecified atom stereocenters. The summed E-state index contributed by atoms with van der Waals surface area (Å²) in [6.07, 6.45) is 3.41. The second-order valence-corrected chi connectivity index (χ2v) is 5.34. The highest BCUT2D eigenvalue weighted by atomic mass is 16.6. The maximum Gasteiger partial charge on any atom is 0.419 e. The van der Waals surface area contributed by atoms with Crippen LogP contribution < -0.4 is 0 Å². The van der Waals surface area contributed by atoms with Crippen LogP contribution in [0.25, 0.3) is 11.4 Å². The van der Waals surface area contributed by atoms with Crippen LogP contribution in [0, 0.1) is 0 Å². The Labute approximate surface area is 117 Å². The van der Waals surface area contributed by atoms with Gasteiger partial charge in [-0.25, -0.2) is 4.79 Å². The van der Waals surface area contributed by atoms with Crippen LogP contribution in [0.5, 0.6) is 0 Å². The zero-order valence-electron chi connectivity index (χ0n) is 11.7. The Balaban J connectivity index is 2.37. The monoisotopic (exact) mass is 272 g/mol. The van der Waals surface area contributed by atoms with E-state index in [4.69, 9.17) is 4.74 Å². The lowest BCUT2D eigenvalue weighted by molar-refractivity contribution is 0.0540. The van der Waals surface area contributed by atoms with Gasteiger partial charge in [-0.05, 0) is 45.0 Å². The van der Waals surface area contributed by atoms with Gasteiger partial charge in [0.25, 0.3) is 0 Å². The van der Waals surface area contributed by atoms with Crippen molar-refractivity contribution in [1.82, 2.24) is 9.55 Å². The summed E-state index contributed by atoms with van der Waals surface area (Å²) in [5.74, 6) is 0. The van der Waals surface area contributed by atoms with Crippen molar-refractivity contribution in [2.45, 2.75) is 26.4 Å². The Hall–Kier alpha value is -2.43. The van der Waals surface area contributed by atoms with E-state index < -0.39 is 11.7 Å². The number of carbonyl (C=O) groups excluding carboxylic acids is 2.